The third-order valence-electron chi connectivity index (χ3n) is 3.18. The highest BCUT2D eigenvalue weighted by molar-refractivity contribution is 4.83. The Bertz CT molecular complexity index is 134. The summed E-state index contributed by atoms with van der Waals surface area (Å²) in [4.78, 5) is 0. The van der Waals surface area contributed by atoms with Gasteiger partial charge in [-0.15, -0.1) is 0 Å². The van der Waals surface area contributed by atoms with Gasteiger partial charge < -0.3 is 9.84 Å². The Morgan fingerprint density at radius 1 is 1.21 bits per heavy atom. The van der Waals surface area contributed by atoms with E-state index in [1.54, 1.807) is 0 Å². The van der Waals surface area contributed by atoms with E-state index >= 15 is 0 Å². The molecule has 1 fully saturated rings. The van der Waals surface area contributed by atoms with E-state index in [0.29, 0.717) is 0 Å². The van der Waals surface area contributed by atoms with Gasteiger partial charge in [-0.05, 0) is 25.7 Å². The summed E-state index contributed by atoms with van der Waals surface area (Å²) in [7, 11) is 0. The average Bonchev–Trinajstić information content (AvgIpc) is 2.20. The van der Waals surface area contributed by atoms with Crippen LogP contribution in [0, 0.1) is 0 Å². The number of rotatable bonds is 6. The minimum atomic E-state index is 0.169. The molecule has 0 aromatic rings. The van der Waals surface area contributed by atoms with E-state index in [4.69, 9.17) is 9.84 Å². The minimum Gasteiger partial charge on any atom is -0.396 e. The van der Waals surface area contributed by atoms with Gasteiger partial charge in [0.1, 0.15) is 0 Å². The zero-order valence-corrected chi connectivity index (χ0v) is 9.43. The second-order valence-electron chi connectivity index (χ2n) is 4.42. The van der Waals surface area contributed by atoms with E-state index in [9.17, 15) is 0 Å². The number of hydrogen-bond acceptors (Lipinski definition) is 2. The first-order chi connectivity index (χ1) is 6.83. The van der Waals surface area contributed by atoms with E-state index in [0.717, 1.165) is 13.0 Å². The summed E-state index contributed by atoms with van der Waals surface area (Å²) >= 11 is 0. The molecule has 1 aliphatic rings. The van der Waals surface area contributed by atoms with Crippen molar-refractivity contribution >= 4 is 0 Å². The molecule has 14 heavy (non-hydrogen) atoms. The monoisotopic (exact) mass is 200 g/mol. The van der Waals surface area contributed by atoms with Crippen LogP contribution in [0.15, 0.2) is 0 Å². The maximum Gasteiger partial charge on any atom is 0.0682 e. The van der Waals surface area contributed by atoms with Crippen LogP contribution in [-0.4, -0.2) is 23.9 Å². The molecule has 0 aromatic carbocycles. The van der Waals surface area contributed by atoms with Crippen molar-refractivity contribution in [3.63, 3.8) is 0 Å². The smallest absolute Gasteiger partial charge is 0.0682 e. The van der Waals surface area contributed by atoms with Gasteiger partial charge in [0.2, 0.25) is 0 Å². The molecule has 1 aliphatic carbocycles. The molecular weight excluding hydrogens is 176 g/mol. The summed E-state index contributed by atoms with van der Waals surface area (Å²) in [6.07, 6.45) is 9.65. The van der Waals surface area contributed by atoms with Gasteiger partial charge in [0.05, 0.1) is 5.60 Å². The quantitative estimate of drug-likeness (QED) is 0.668. The molecule has 0 atom stereocenters. The summed E-state index contributed by atoms with van der Waals surface area (Å²) in [6, 6.07) is 0. The molecule has 0 saturated heterocycles. The summed E-state index contributed by atoms with van der Waals surface area (Å²) in [5.41, 5.74) is 0.169. The molecule has 84 valence electrons. The summed E-state index contributed by atoms with van der Waals surface area (Å²) in [5.74, 6) is 0. The largest absolute Gasteiger partial charge is 0.396 e. The highest BCUT2D eigenvalue weighted by atomic mass is 16.5. The first-order valence-electron chi connectivity index (χ1n) is 6.08. The predicted molar refractivity (Wildman–Crippen MR) is 58.4 cm³/mol. The first-order valence-corrected chi connectivity index (χ1v) is 6.08. The number of aliphatic hydroxyl groups excluding tert-OH is 1. The van der Waals surface area contributed by atoms with Crippen molar-refractivity contribution in [1.82, 2.24) is 0 Å². The van der Waals surface area contributed by atoms with E-state index in [1.807, 2.05) is 0 Å². The van der Waals surface area contributed by atoms with E-state index in [1.165, 1.54) is 44.9 Å². The second kappa shape index (κ2) is 6.41. The molecule has 2 heteroatoms. The van der Waals surface area contributed by atoms with Crippen LogP contribution in [0.4, 0.5) is 0 Å². The maximum absolute atomic E-state index is 8.73. The Balaban J connectivity index is 2.34. The van der Waals surface area contributed by atoms with Gasteiger partial charge in [-0.1, -0.05) is 32.6 Å². The fraction of sp³-hybridized carbons (Fsp3) is 1.00. The lowest BCUT2D eigenvalue weighted by Crippen LogP contribution is -2.35. The fourth-order valence-corrected chi connectivity index (χ4v) is 2.47. The highest BCUT2D eigenvalue weighted by Crippen LogP contribution is 2.35. The molecule has 0 amide bonds. The number of aliphatic hydroxyl groups is 1. The van der Waals surface area contributed by atoms with Crippen LogP contribution in [0.3, 0.4) is 0 Å². The lowest BCUT2D eigenvalue weighted by atomic mass is 9.81. The number of hydrogen-bond donors (Lipinski definition) is 1. The molecule has 0 spiro atoms. The summed E-state index contributed by atoms with van der Waals surface area (Å²) < 4.78 is 5.99. The zero-order valence-electron chi connectivity index (χ0n) is 9.43. The third kappa shape index (κ3) is 3.58. The average molecular weight is 200 g/mol. The third-order valence-corrected chi connectivity index (χ3v) is 3.18. The van der Waals surface area contributed by atoms with Crippen molar-refractivity contribution in [1.29, 1.82) is 0 Å². The van der Waals surface area contributed by atoms with Gasteiger partial charge in [-0.3, -0.25) is 0 Å². The molecule has 1 saturated carbocycles. The van der Waals surface area contributed by atoms with Crippen molar-refractivity contribution in [2.45, 2.75) is 63.9 Å². The topological polar surface area (TPSA) is 29.5 Å². The highest BCUT2D eigenvalue weighted by Gasteiger charge is 2.31. The summed E-state index contributed by atoms with van der Waals surface area (Å²) in [6.45, 7) is 3.21. The van der Waals surface area contributed by atoms with Gasteiger partial charge in [0.15, 0.2) is 0 Å². The predicted octanol–water partition coefficient (Wildman–Crippen LogP) is 2.89. The van der Waals surface area contributed by atoms with E-state index in [-0.39, 0.29) is 12.2 Å². The van der Waals surface area contributed by atoms with Crippen molar-refractivity contribution in [3.8, 4) is 0 Å². The van der Waals surface area contributed by atoms with Crippen LogP contribution in [0.5, 0.6) is 0 Å². The van der Waals surface area contributed by atoms with Gasteiger partial charge in [0, 0.05) is 13.2 Å². The molecule has 1 N–H and O–H groups in total. The lowest BCUT2D eigenvalue weighted by Gasteiger charge is -2.37. The fourth-order valence-electron chi connectivity index (χ4n) is 2.47. The molecule has 0 radical (unpaired) electrons. The molecule has 1 rings (SSSR count). The summed E-state index contributed by atoms with van der Waals surface area (Å²) in [5, 5.41) is 8.73. The first kappa shape index (κ1) is 12.0. The standard InChI is InChI=1S/C12H24O2/c1-2-7-12(14-11-6-10-13)8-4-3-5-9-12/h13H,2-11H2,1H3. The normalized spacial score (nSPS) is 21.0. The van der Waals surface area contributed by atoms with Gasteiger partial charge in [-0.2, -0.15) is 0 Å². The van der Waals surface area contributed by atoms with Crippen molar-refractivity contribution < 1.29 is 9.84 Å². The van der Waals surface area contributed by atoms with E-state index < -0.39 is 0 Å². The Kier molecular flexibility index (Phi) is 5.49. The molecule has 0 heterocycles. The second-order valence-corrected chi connectivity index (χ2v) is 4.42. The van der Waals surface area contributed by atoms with Gasteiger partial charge in [-0.25, -0.2) is 0 Å². The Morgan fingerprint density at radius 3 is 2.50 bits per heavy atom. The minimum absolute atomic E-state index is 0.169. The van der Waals surface area contributed by atoms with E-state index in [2.05, 4.69) is 6.92 Å². The Hall–Kier alpha value is -0.0800. The van der Waals surface area contributed by atoms with Crippen LogP contribution in [0.2, 0.25) is 0 Å². The molecule has 0 bridgehead atoms. The van der Waals surface area contributed by atoms with Crippen molar-refractivity contribution in [2.75, 3.05) is 13.2 Å². The molecule has 2 nitrogen and oxygen atoms in total. The van der Waals surface area contributed by atoms with Crippen LogP contribution < -0.4 is 0 Å². The van der Waals surface area contributed by atoms with Crippen molar-refractivity contribution in [2.24, 2.45) is 0 Å². The maximum atomic E-state index is 8.73. The molecule has 0 aliphatic heterocycles. The Labute approximate surface area is 87.7 Å². The Morgan fingerprint density at radius 2 is 1.93 bits per heavy atom. The molecule has 0 unspecified atom stereocenters. The van der Waals surface area contributed by atoms with Crippen molar-refractivity contribution in [3.05, 3.63) is 0 Å². The van der Waals surface area contributed by atoms with Crippen LogP contribution in [0.1, 0.15) is 58.3 Å². The van der Waals surface area contributed by atoms with Gasteiger partial charge >= 0.3 is 0 Å². The zero-order chi connectivity index (χ0) is 10.3. The van der Waals surface area contributed by atoms with Crippen LogP contribution in [-0.2, 0) is 4.74 Å². The SMILES string of the molecule is CCCC1(OCCCO)CCCCC1. The van der Waals surface area contributed by atoms with Gasteiger partial charge in [0.25, 0.3) is 0 Å². The van der Waals surface area contributed by atoms with Crippen LogP contribution >= 0.6 is 0 Å². The number of ether oxygens (including phenoxy) is 1. The lowest BCUT2D eigenvalue weighted by molar-refractivity contribution is -0.0791. The van der Waals surface area contributed by atoms with Crippen LogP contribution in [0.25, 0.3) is 0 Å². The molecule has 0 aromatic heterocycles. The molecular formula is C12H24O2.